The third-order valence-electron chi connectivity index (χ3n) is 4.48. The summed E-state index contributed by atoms with van der Waals surface area (Å²) in [5.41, 5.74) is -0.0608. The molecule has 0 spiro atoms. The second-order valence-electron chi connectivity index (χ2n) is 6.28. The molecule has 1 amide bonds. The zero-order valence-electron chi connectivity index (χ0n) is 14.4. The number of pyridine rings is 1. The summed E-state index contributed by atoms with van der Waals surface area (Å²) < 4.78 is 38.2. The maximum Gasteiger partial charge on any atom is 0.417 e. The van der Waals surface area contributed by atoms with Gasteiger partial charge in [-0.1, -0.05) is 23.7 Å². The molecular weight excluding hydrogens is 383 g/mol. The molecule has 0 bridgehead atoms. The van der Waals surface area contributed by atoms with E-state index in [1.54, 1.807) is 34.9 Å². The summed E-state index contributed by atoms with van der Waals surface area (Å²) in [4.78, 5) is 19.8. The molecule has 2 aromatic rings. The van der Waals surface area contributed by atoms with Gasteiger partial charge in [0.05, 0.1) is 16.1 Å². The normalized spacial score (nSPS) is 15.1. The number of halogens is 4. The van der Waals surface area contributed by atoms with Gasteiger partial charge in [0.25, 0.3) is 5.91 Å². The average Bonchev–Trinajstić information content (AvgIpc) is 2.63. The van der Waals surface area contributed by atoms with Crippen molar-refractivity contribution in [3.63, 3.8) is 0 Å². The Morgan fingerprint density at radius 1 is 1.22 bits per heavy atom. The number of piperazine rings is 1. The molecule has 5 nitrogen and oxygen atoms in total. The molecule has 9 heteroatoms. The molecule has 1 aromatic carbocycles. The Morgan fingerprint density at radius 2 is 1.89 bits per heavy atom. The van der Waals surface area contributed by atoms with Crippen molar-refractivity contribution >= 4 is 23.3 Å². The van der Waals surface area contributed by atoms with Crippen molar-refractivity contribution in [3.8, 4) is 5.75 Å². The van der Waals surface area contributed by atoms with E-state index in [0.29, 0.717) is 31.7 Å². The standard InChI is InChI=1S/C18H17ClF3N3O2/c1-11-3-2-4-13(15(11)26)17(27)25-7-5-24(6-8-25)16-14(19)9-12(10-23-16)18(20,21)22/h2-4,9-10,26H,5-8H2,1H3. The molecule has 0 unspecified atom stereocenters. The number of hydrogen-bond acceptors (Lipinski definition) is 4. The Bertz CT molecular complexity index is 865. The highest BCUT2D eigenvalue weighted by Gasteiger charge is 2.32. The molecular formula is C18H17ClF3N3O2. The van der Waals surface area contributed by atoms with Gasteiger partial charge in [-0.25, -0.2) is 4.98 Å². The lowest BCUT2D eigenvalue weighted by molar-refractivity contribution is -0.137. The minimum absolute atomic E-state index is 0.0441. The van der Waals surface area contributed by atoms with Gasteiger partial charge < -0.3 is 14.9 Å². The summed E-state index contributed by atoms with van der Waals surface area (Å²) in [6.45, 7) is 3.13. The van der Waals surface area contributed by atoms with Crippen molar-refractivity contribution in [1.82, 2.24) is 9.88 Å². The molecule has 2 heterocycles. The van der Waals surface area contributed by atoms with E-state index >= 15 is 0 Å². The topological polar surface area (TPSA) is 56.7 Å². The van der Waals surface area contributed by atoms with Gasteiger partial charge in [0.2, 0.25) is 0 Å². The number of alkyl halides is 3. The van der Waals surface area contributed by atoms with Crippen LogP contribution in [0.25, 0.3) is 0 Å². The van der Waals surface area contributed by atoms with E-state index in [4.69, 9.17) is 11.6 Å². The summed E-state index contributed by atoms with van der Waals surface area (Å²) in [6, 6.07) is 5.82. The number of phenols is 1. The highest BCUT2D eigenvalue weighted by molar-refractivity contribution is 6.33. The molecule has 144 valence electrons. The number of rotatable bonds is 2. The average molecular weight is 400 g/mol. The zero-order valence-corrected chi connectivity index (χ0v) is 15.2. The molecule has 0 atom stereocenters. The van der Waals surface area contributed by atoms with Gasteiger partial charge in [-0.15, -0.1) is 0 Å². The van der Waals surface area contributed by atoms with E-state index < -0.39 is 11.7 Å². The second-order valence-corrected chi connectivity index (χ2v) is 6.68. The maximum absolute atomic E-state index is 12.7. The Kier molecular flexibility index (Phi) is 5.19. The first-order valence-electron chi connectivity index (χ1n) is 8.24. The lowest BCUT2D eigenvalue weighted by Gasteiger charge is -2.36. The largest absolute Gasteiger partial charge is 0.507 e. The number of aromatic nitrogens is 1. The summed E-state index contributed by atoms with van der Waals surface area (Å²) in [5, 5.41) is 10.00. The van der Waals surface area contributed by atoms with Gasteiger partial charge in [-0.2, -0.15) is 13.2 Å². The number of carbonyl (C=O) groups excluding carboxylic acids is 1. The van der Waals surface area contributed by atoms with Crippen molar-refractivity contribution < 1.29 is 23.1 Å². The smallest absolute Gasteiger partial charge is 0.417 e. The second kappa shape index (κ2) is 7.26. The number of aryl methyl sites for hydroxylation is 1. The van der Waals surface area contributed by atoms with Gasteiger partial charge in [0.1, 0.15) is 11.6 Å². The van der Waals surface area contributed by atoms with E-state index in [9.17, 15) is 23.1 Å². The van der Waals surface area contributed by atoms with Crippen molar-refractivity contribution in [2.75, 3.05) is 31.1 Å². The fraction of sp³-hybridized carbons (Fsp3) is 0.333. The van der Waals surface area contributed by atoms with Gasteiger partial charge in [0.15, 0.2) is 0 Å². The van der Waals surface area contributed by atoms with E-state index in [1.165, 1.54) is 0 Å². The molecule has 1 aliphatic heterocycles. The molecule has 1 saturated heterocycles. The lowest BCUT2D eigenvalue weighted by Crippen LogP contribution is -2.49. The maximum atomic E-state index is 12.7. The minimum Gasteiger partial charge on any atom is -0.507 e. The highest BCUT2D eigenvalue weighted by Crippen LogP contribution is 2.34. The number of benzene rings is 1. The first-order chi connectivity index (χ1) is 12.7. The molecule has 3 rings (SSSR count). The lowest BCUT2D eigenvalue weighted by atomic mass is 10.1. The Labute approximate surface area is 159 Å². The minimum atomic E-state index is -4.50. The quantitative estimate of drug-likeness (QED) is 0.836. The molecule has 0 radical (unpaired) electrons. The van der Waals surface area contributed by atoms with Gasteiger partial charge in [-0.3, -0.25) is 4.79 Å². The van der Waals surface area contributed by atoms with Gasteiger partial charge in [-0.05, 0) is 24.6 Å². The van der Waals surface area contributed by atoms with Crippen molar-refractivity contribution in [1.29, 1.82) is 0 Å². The van der Waals surface area contributed by atoms with Crippen LogP contribution in [0.3, 0.4) is 0 Å². The molecule has 1 aliphatic rings. The number of nitrogens with zero attached hydrogens (tertiary/aromatic N) is 3. The SMILES string of the molecule is Cc1cccc(C(=O)N2CCN(c3ncc(C(F)(F)F)cc3Cl)CC2)c1O. The van der Waals surface area contributed by atoms with Crippen LogP contribution in [-0.2, 0) is 6.18 Å². The number of anilines is 1. The fourth-order valence-electron chi connectivity index (χ4n) is 2.94. The zero-order chi connectivity index (χ0) is 19.8. The van der Waals surface area contributed by atoms with Crippen LogP contribution in [0.2, 0.25) is 5.02 Å². The summed E-state index contributed by atoms with van der Waals surface area (Å²) in [6.07, 6.45) is -3.75. The van der Waals surface area contributed by atoms with E-state index in [2.05, 4.69) is 4.98 Å². The van der Waals surface area contributed by atoms with Crippen molar-refractivity contribution in [3.05, 3.63) is 52.2 Å². The third-order valence-corrected chi connectivity index (χ3v) is 4.76. The van der Waals surface area contributed by atoms with Gasteiger partial charge in [0, 0.05) is 32.4 Å². The van der Waals surface area contributed by atoms with Crippen LogP contribution in [0, 0.1) is 6.92 Å². The van der Waals surface area contributed by atoms with Crippen LogP contribution in [0.4, 0.5) is 19.0 Å². The molecule has 1 N–H and O–H groups in total. The number of hydrogen-bond donors (Lipinski definition) is 1. The van der Waals surface area contributed by atoms with Crippen molar-refractivity contribution in [2.45, 2.75) is 13.1 Å². The predicted molar refractivity (Wildman–Crippen MR) is 95.2 cm³/mol. The fourth-order valence-corrected chi connectivity index (χ4v) is 3.23. The molecule has 0 aliphatic carbocycles. The Morgan fingerprint density at radius 3 is 2.48 bits per heavy atom. The first-order valence-corrected chi connectivity index (χ1v) is 8.62. The number of phenolic OH excluding ortho intramolecular Hbond substituents is 1. The number of para-hydroxylation sites is 1. The van der Waals surface area contributed by atoms with E-state index in [1.807, 2.05) is 0 Å². The third kappa shape index (κ3) is 3.95. The molecule has 1 aromatic heterocycles. The van der Waals surface area contributed by atoms with E-state index in [0.717, 1.165) is 12.3 Å². The number of carbonyl (C=O) groups is 1. The van der Waals surface area contributed by atoms with Crippen LogP contribution >= 0.6 is 11.6 Å². The monoisotopic (exact) mass is 399 g/mol. The van der Waals surface area contributed by atoms with Crippen LogP contribution in [-0.4, -0.2) is 47.1 Å². The summed E-state index contributed by atoms with van der Waals surface area (Å²) >= 11 is 5.98. The summed E-state index contributed by atoms with van der Waals surface area (Å²) in [5.74, 6) is -0.0742. The first kappa shape index (κ1) is 19.3. The highest BCUT2D eigenvalue weighted by atomic mass is 35.5. The molecule has 1 fully saturated rings. The van der Waals surface area contributed by atoms with Crippen LogP contribution in [0.1, 0.15) is 21.5 Å². The van der Waals surface area contributed by atoms with E-state index in [-0.39, 0.29) is 28.1 Å². The predicted octanol–water partition coefficient (Wildman–Crippen LogP) is 3.73. The van der Waals surface area contributed by atoms with Crippen molar-refractivity contribution in [2.24, 2.45) is 0 Å². The number of aromatic hydroxyl groups is 1. The van der Waals surface area contributed by atoms with Crippen LogP contribution in [0.15, 0.2) is 30.5 Å². The Balaban J connectivity index is 1.70. The van der Waals surface area contributed by atoms with Crippen LogP contribution < -0.4 is 4.90 Å². The summed E-state index contributed by atoms with van der Waals surface area (Å²) in [7, 11) is 0. The Hall–Kier alpha value is -2.48. The molecule has 0 saturated carbocycles. The number of amides is 1. The van der Waals surface area contributed by atoms with Crippen LogP contribution in [0.5, 0.6) is 5.75 Å². The molecule has 27 heavy (non-hydrogen) atoms. The van der Waals surface area contributed by atoms with Gasteiger partial charge >= 0.3 is 6.18 Å².